The number of carbonyl (C=O) groups is 2. The molecule has 0 atom stereocenters. The zero-order chi connectivity index (χ0) is 18.8. The number of hydrogen-bond donors (Lipinski definition) is 3. The summed E-state index contributed by atoms with van der Waals surface area (Å²) in [6.07, 6.45) is 1.25. The highest BCUT2D eigenvalue weighted by atomic mass is 35.5. The Labute approximate surface area is 152 Å². The van der Waals surface area contributed by atoms with Crippen LogP contribution in [0.2, 0.25) is 5.02 Å². The molecule has 0 aliphatic carbocycles. The van der Waals surface area contributed by atoms with Gasteiger partial charge in [-0.1, -0.05) is 11.6 Å². The quantitative estimate of drug-likeness (QED) is 0.656. The van der Waals surface area contributed by atoms with Gasteiger partial charge in [0.05, 0.1) is 10.7 Å². The Morgan fingerprint density at radius 3 is 2.62 bits per heavy atom. The van der Waals surface area contributed by atoms with Crippen LogP contribution in [0.1, 0.15) is 17.3 Å². The first-order valence-electron chi connectivity index (χ1n) is 7.54. The van der Waals surface area contributed by atoms with Gasteiger partial charge in [-0.3, -0.25) is 14.4 Å². The average molecular weight is 374 g/mol. The van der Waals surface area contributed by atoms with Gasteiger partial charge >= 0.3 is 0 Å². The number of carbonyl (C=O) groups excluding carboxylic acids is 2. The van der Waals surface area contributed by atoms with Gasteiger partial charge < -0.3 is 15.6 Å². The van der Waals surface area contributed by atoms with Crippen LogP contribution in [-0.2, 0) is 4.79 Å². The molecule has 6 nitrogen and oxygen atoms in total. The number of pyridine rings is 1. The van der Waals surface area contributed by atoms with E-state index in [-0.39, 0.29) is 27.6 Å². The third-order valence-electron chi connectivity index (χ3n) is 3.62. The van der Waals surface area contributed by atoms with Gasteiger partial charge in [-0.05, 0) is 36.4 Å². The highest BCUT2D eigenvalue weighted by Crippen LogP contribution is 2.26. The summed E-state index contributed by atoms with van der Waals surface area (Å²) in [5.74, 6) is -1.57. The van der Waals surface area contributed by atoms with Gasteiger partial charge in [0.2, 0.25) is 11.3 Å². The molecule has 0 aliphatic rings. The zero-order valence-corrected chi connectivity index (χ0v) is 14.3. The van der Waals surface area contributed by atoms with Crippen LogP contribution < -0.4 is 16.1 Å². The van der Waals surface area contributed by atoms with Gasteiger partial charge in [-0.15, -0.1) is 0 Å². The molecular formula is C18H13ClFN3O3. The molecule has 0 saturated carbocycles. The fourth-order valence-corrected chi connectivity index (χ4v) is 2.62. The van der Waals surface area contributed by atoms with Crippen molar-refractivity contribution in [3.8, 4) is 0 Å². The summed E-state index contributed by atoms with van der Waals surface area (Å²) < 4.78 is 13.4. The van der Waals surface area contributed by atoms with Crippen LogP contribution in [-0.4, -0.2) is 16.8 Å². The Balaban J connectivity index is 1.96. The van der Waals surface area contributed by atoms with Crippen molar-refractivity contribution in [2.24, 2.45) is 0 Å². The minimum atomic E-state index is -0.709. The average Bonchev–Trinajstić information content (AvgIpc) is 2.58. The molecule has 8 heteroatoms. The molecule has 0 fully saturated rings. The largest absolute Gasteiger partial charge is 0.360 e. The second-order valence-electron chi connectivity index (χ2n) is 5.55. The van der Waals surface area contributed by atoms with Crippen molar-refractivity contribution in [1.29, 1.82) is 0 Å². The number of hydrogen-bond acceptors (Lipinski definition) is 3. The summed E-state index contributed by atoms with van der Waals surface area (Å²) in [6.45, 7) is 1.35. The minimum absolute atomic E-state index is 0.0655. The number of halogens is 2. The molecule has 132 valence electrons. The molecule has 1 aromatic heterocycles. The van der Waals surface area contributed by atoms with Crippen molar-refractivity contribution in [2.75, 3.05) is 10.6 Å². The summed E-state index contributed by atoms with van der Waals surface area (Å²) in [5, 5.41) is 5.39. The molecule has 0 radical (unpaired) electrons. The first kappa shape index (κ1) is 17.6. The van der Waals surface area contributed by atoms with Crippen molar-refractivity contribution < 1.29 is 14.0 Å². The van der Waals surface area contributed by atoms with Crippen molar-refractivity contribution >= 4 is 45.7 Å². The van der Waals surface area contributed by atoms with E-state index < -0.39 is 17.2 Å². The van der Waals surface area contributed by atoms with Crippen LogP contribution in [0.25, 0.3) is 10.9 Å². The summed E-state index contributed by atoms with van der Waals surface area (Å²) >= 11 is 6.06. The molecule has 3 rings (SSSR count). The Morgan fingerprint density at radius 1 is 1.12 bits per heavy atom. The Kier molecular flexibility index (Phi) is 4.73. The number of fused-ring (bicyclic) bond motifs is 1. The van der Waals surface area contributed by atoms with E-state index >= 15 is 0 Å². The minimum Gasteiger partial charge on any atom is -0.360 e. The molecule has 3 aromatic rings. The molecule has 0 unspecified atom stereocenters. The monoisotopic (exact) mass is 373 g/mol. The van der Waals surface area contributed by atoms with E-state index in [4.69, 9.17) is 11.6 Å². The number of benzene rings is 2. The van der Waals surface area contributed by atoms with Crippen LogP contribution in [0.3, 0.4) is 0 Å². The molecule has 2 amide bonds. The van der Waals surface area contributed by atoms with E-state index in [1.54, 1.807) is 6.07 Å². The predicted octanol–water partition coefficient (Wildman–Crippen LogP) is 3.53. The highest BCUT2D eigenvalue weighted by molar-refractivity contribution is 6.34. The Morgan fingerprint density at radius 2 is 1.88 bits per heavy atom. The van der Waals surface area contributed by atoms with Gasteiger partial charge in [0.25, 0.3) is 5.91 Å². The van der Waals surface area contributed by atoms with Crippen LogP contribution in [0, 0.1) is 5.82 Å². The fraction of sp³-hybridized carbons (Fsp3) is 0.0556. The molecule has 0 aliphatic heterocycles. The molecular weight excluding hydrogens is 361 g/mol. The number of anilines is 2. The molecule has 0 bridgehead atoms. The van der Waals surface area contributed by atoms with Crippen LogP contribution in [0.5, 0.6) is 0 Å². The number of aromatic nitrogens is 1. The van der Waals surface area contributed by atoms with E-state index in [1.165, 1.54) is 37.4 Å². The molecule has 26 heavy (non-hydrogen) atoms. The lowest BCUT2D eigenvalue weighted by molar-refractivity contribution is -0.114. The normalized spacial score (nSPS) is 10.6. The summed E-state index contributed by atoms with van der Waals surface area (Å²) in [4.78, 5) is 38.9. The maximum Gasteiger partial charge on any atom is 0.261 e. The third-order valence-corrected chi connectivity index (χ3v) is 3.95. The van der Waals surface area contributed by atoms with Crippen LogP contribution in [0.4, 0.5) is 15.8 Å². The van der Waals surface area contributed by atoms with E-state index in [0.717, 1.165) is 6.07 Å². The lowest BCUT2D eigenvalue weighted by atomic mass is 10.1. The standard InChI is InChI=1S/C18H13ClFN3O3/c1-9(24)22-11-3-4-14(19)16(7-11)23-18(26)13-8-21-15-5-2-10(20)6-12(15)17(13)25/h2-8H,1H3,(H,21,25)(H,22,24)(H,23,26). The first-order valence-corrected chi connectivity index (χ1v) is 7.92. The predicted molar refractivity (Wildman–Crippen MR) is 98.2 cm³/mol. The Hall–Kier alpha value is -3.19. The van der Waals surface area contributed by atoms with E-state index in [1.807, 2.05) is 0 Å². The van der Waals surface area contributed by atoms with Crippen molar-refractivity contribution in [1.82, 2.24) is 4.98 Å². The Bertz CT molecular complexity index is 1090. The number of amides is 2. The topological polar surface area (TPSA) is 91.1 Å². The second-order valence-corrected chi connectivity index (χ2v) is 5.96. The van der Waals surface area contributed by atoms with Gasteiger partial charge in [-0.25, -0.2) is 4.39 Å². The summed E-state index contributed by atoms with van der Waals surface area (Å²) in [6, 6.07) is 8.24. The highest BCUT2D eigenvalue weighted by Gasteiger charge is 2.15. The van der Waals surface area contributed by atoms with Crippen molar-refractivity contribution in [2.45, 2.75) is 6.92 Å². The van der Waals surface area contributed by atoms with Gasteiger partial charge in [0.15, 0.2) is 0 Å². The van der Waals surface area contributed by atoms with E-state index in [9.17, 15) is 18.8 Å². The number of aromatic amines is 1. The van der Waals surface area contributed by atoms with Gasteiger partial charge in [-0.2, -0.15) is 0 Å². The zero-order valence-electron chi connectivity index (χ0n) is 13.5. The van der Waals surface area contributed by atoms with Gasteiger partial charge in [0.1, 0.15) is 11.4 Å². The molecule has 1 heterocycles. The van der Waals surface area contributed by atoms with E-state index in [0.29, 0.717) is 11.2 Å². The van der Waals surface area contributed by atoms with Gasteiger partial charge in [0, 0.05) is 29.7 Å². The number of H-pyrrole nitrogens is 1. The van der Waals surface area contributed by atoms with Crippen molar-refractivity contribution in [3.63, 3.8) is 0 Å². The summed E-state index contributed by atoms with van der Waals surface area (Å²) in [7, 11) is 0. The first-order chi connectivity index (χ1) is 12.3. The van der Waals surface area contributed by atoms with Crippen LogP contribution in [0.15, 0.2) is 47.4 Å². The maximum atomic E-state index is 13.4. The molecule has 0 spiro atoms. The maximum absolute atomic E-state index is 13.4. The SMILES string of the molecule is CC(=O)Nc1ccc(Cl)c(NC(=O)c2c[nH]c3ccc(F)cc3c2=O)c1. The van der Waals surface area contributed by atoms with E-state index in [2.05, 4.69) is 15.6 Å². The van der Waals surface area contributed by atoms with Crippen LogP contribution >= 0.6 is 11.6 Å². The summed E-state index contributed by atoms with van der Waals surface area (Å²) in [5.41, 5.74) is 0.279. The van der Waals surface area contributed by atoms with Crippen molar-refractivity contribution in [3.05, 3.63) is 69.2 Å². The molecule has 2 aromatic carbocycles. The fourth-order valence-electron chi connectivity index (χ4n) is 2.45. The second kappa shape index (κ2) is 6.97. The number of rotatable bonds is 3. The lowest BCUT2D eigenvalue weighted by Gasteiger charge is -2.10. The lowest BCUT2D eigenvalue weighted by Crippen LogP contribution is -2.22. The third kappa shape index (κ3) is 3.57. The number of nitrogens with one attached hydrogen (secondary N) is 3. The smallest absolute Gasteiger partial charge is 0.261 e. The molecule has 3 N–H and O–H groups in total. The molecule has 0 saturated heterocycles.